The molecule has 21 heavy (non-hydrogen) atoms. The molecule has 0 bridgehead atoms. The molecule has 2 N–H and O–H groups in total. The molecule has 1 saturated heterocycles. The van der Waals surface area contributed by atoms with Gasteiger partial charge in [-0.3, -0.25) is 0 Å². The van der Waals surface area contributed by atoms with Gasteiger partial charge >= 0.3 is 6.18 Å². The Balaban J connectivity index is 2.42. The summed E-state index contributed by atoms with van der Waals surface area (Å²) >= 11 is 0. The highest BCUT2D eigenvalue weighted by Crippen LogP contribution is 2.35. The summed E-state index contributed by atoms with van der Waals surface area (Å²) in [5.41, 5.74) is 4.34. The van der Waals surface area contributed by atoms with Crippen LogP contribution in [0.5, 0.6) is 0 Å². The van der Waals surface area contributed by atoms with Crippen LogP contribution in [0.25, 0.3) is 0 Å². The summed E-state index contributed by atoms with van der Waals surface area (Å²) < 4.78 is 64.9. The Kier molecular flexibility index (Phi) is 4.32. The molecule has 0 aromatic heterocycles. The Labute approximate surface area is 121 Å². The molecule has 1 heterocycles. The quantitative estimate of drug-likeness (QED) is 0.925. The third-order valence-corrected chi connectivity index (χ3v) is 5.80. The van der Waals surface area contributed by atoms with Crippen LogP contribution in [-0.4, -0.2) is 32.4 Å². The lowest BCUT2D eigenvalue weighted by Gasteiger charge is -2.20. The first kappa shape index (κ1) is 16.3. The van der Waals surface area contributed by atoms with Gasteiger partial charge in [-0.15, -0.1) is 0 Å². The van der Waals surface area contributed by atoms with E-state index >= 15 is 0 Å². The fraction of sp³-hybridized carbons (Fsp3) is 0.538. The van der Waals surface area contributed by atoms with Gasteiger partial charge in [0.2, 0.25) is 10.0 Å². The van der Waals surface area contributed by atoms with Crippen molar-refractivity contribution >= 4 is 10.0 Å². The van der Waals surface area contributed by atoms with Crippen molar-refractivity contribution in [1.82, 2.24) is 4.31 Å². The van der Waals surface area contributed by atoms with Gasteiger partial charge in [0.05, 0.1) is 10.5 Å². The smallest absolute Gasteiger partial charge is 0.330 e. The molecular weight excluding hydrogens is 305 g/mol. The monoisotopic (exact) mass is 322 g/mol. The van der Waals surface area contributed by atoms with Crippen LogP contribution in [0.3, 0.4) is 0 Å². The van der Waals surface area contributed by atoms with E-state index in [9.17, 15) is 21.6 Å². The number of alkyl halides is 3. The lowest BCUT2D eigenvalue weighted by atomic mass is 10.1. The summed E-state index contributed by atoms with van der Waals surface area (Å²) in [6.07, 6.45) is -3.94. The number of nitrogens with two attached hydrogens (primary N) is 1. The molecule has 0 radical (unpaired) electrons. The van der Waals surface area contributed by atoms with E-state index in [1.54, 1.807) is 0 Å². The lowest BCUT2D eigenvalue weighted by Crippen LogP contribution is -2.31. The molecule has 0 amide bonds. The molecule has 4 nitrogen and oxygen atoms in total. The van der Waals surface area contributed by atoms with Crippen LogP contribution in [-0.2, 0) is 16.2 Å². The molecule has 1 atom stereocenters. The highest BCUT2D eigenvalue weighted by molar-refractivity contribution is 7.89. The summed E-state index contributed by atoms with van der Waals surface area (Å²) in [7, 11) is -3.92. The largest absolute Gasteiger partial charge is 0.416 e. The van der Waals surface area contributed by atoms with Crippen molar-refractivity contribution in [2.24, 2.45) is 11.7 Å². The first-order valence-corrected chi connectivity index (χ1v) is 7.99. The average Bonchev–Trinajstić information content (AvgIpc) is 2.86. The Hall–Kier alpha value is -1.12. The van der Waals surface area contributed by atoms with Crippen molar-refractivity contribution in [3.05, 3.63) is 29.3 Å². The minimum atomic E-state index is -4.57. The molecule has 1 aromatic rings. The zero-order chi connectivity index (χ0) is 15.8. The van der Waals surface area contributed by atoms with Gasteiger partial charge in [0.1, 0.15) is 0 Å². The summed E-state index contributed by atoms with van der Waals surface area (Å²) in [4.78, 5) is -0.282. The van der Waals surface area contributed by atoms with E-state index < -0.39 is 21.8 Å². The predicted molar refractivity (Wildman–Crippen MR) is 72.1 cm³/mol. The van der Waals surface area contributed by atoms with Crippen molar-refractivity contribution in [1.29, 1.82) is 0 Å². The number of sulfonamides is 1. The van der Waals surface area contributed by atoms with Crippen LogP contribution in [0.4, 0.5) is 13.2 Å². The van der Waals surface area contributed by atoms with Gasteiger partial charge in [0.15, 0.2) is 0 Å². The highest BCUT2D eigenvalue weighted by Gasteiger charge is 2.37. The molecule has 8 heteroatoms. The molecule has 0 aliphatic carbocycles. The molecule has 118 valence electrons. The van der Waals surface area contributed by atoms with Gasteiger partial charge in [-0.1, -0.05) is 6.07 Å². The molecule has 1 aromatic carbocycles. The number of hydrogen-bond acceptors (Lipinski definition) is 3. The van der Waals surface area contributed by atoms with Crippen molar-refractivity contribution in [2.45, 2.75) is 24.4 Å². The number of hydrogen-bond donors (Lipinski definition) is 1. The van der Waals surface area contributed by atoms with Gasteiger partial charge in [-0.05, 0) is 43.5 Å². The summed E-state index contributed by atoms with van der Waals surface area (Å²) in [6.45, 7) is 2.11. The van der Waals surface area contributed by atoms with E-state index in [0.717, 1.165) is 12.1 Å². The van der Waals surface area contributed by atoms with Crippen LogP contribution >= 0.6 is 0 Å². The van der Waals surface area contributed by atoms with Crippen molar-refractivity contribution in [3.63, 3.8) is 0 Å². The average molecular weight is 322 g/mol. The summed E-state index contributed by atoms with van der Waals surface area (Å²) in [5, 5.41) is 0. The Bertz CT molecular complexity index is 629. The van der Waals surface area contributed by atoms with E-state index in [4.69, 9.17) is 5.73 Å². The topological polar surface area (TPSA) is 63.4 Å². The Morgan fingerprint density at radius 2 is 2.05 bits per heavy atom. The number of nitrogens with zero attached hydrogens (tertiary/aromatic N) is 1. The van der Waals surface area contributed by atoms with Crippen LogP contribution in [0, 0.1) is 12.8 Å². The van der Waals surface area contributed by atoms with Crippen LogP contribution in [0.15, 0.2) is 23.1 Å². The van der Waals surface area contributed by atoms with Gasteiger partial charge in [0, 0.05) is 13.1 Å². The second kappa shape index (κ2) is 5.58. The minimum absolute atomic E-state index is 0.0610. The van der Waals surface area contributed by atoms with Crippen LogP contribution < -0.4 is 5.73 Å². The van der Waals surface area contributed by atoms with Gasteiger partial charge in [-0.25, -0.2) is 8.42 Å². The molecule has 1 unspecified atom stereocenters. The first-order valence-electron chi connectivity index (χ1n) is 6.55. The van der Waals surface area contributed by atoms with E-state index in [2.05, 4.69) is 0 Å². The van der Waals surface area contributed by atoms with Gasteiger partial charge in [0.25, 0.3) is 0 Å². The molecule has 1 aliphatic heterocycles. The third kappa shape index (κ3) is 3.07. The lowest BCUT2D eigenvalue weighted by molar-refractivity contribution is -0.138. The van der Waals surface area contributed by atoms with E-state index in [1.807, 2.05) is 0 Å². The van der Waals surface area contributed by atoms with E-state index in [-0.39, 0.29) is 22.9 Å². The summed E-state index contributed by atoms with van der Waals surface area (Å²) in [5.74, 6) is 0.0610. The maximum absolute atomic E-state index is 12.9. The highest BCUT2D eigenvalue weighted by atomic mass is 32.2. The normalized spacial score (nSPS) is 20.9. The first-order chi connectivity index (χ1) is 9.67. The molecule has 1 fully saturated rings. The molecule has 2 rings (SSSR count). The predicted octanol–water partition coefficient (Wildman–Crippen LogP) is 1.98. The van der Waals surface area contributed by atoms with Gasteiger partial charge < -0.3 is 5.73 Å². The molecule has 0 saturated carbocycles. The minimum Gasteiger partial charge on any atom is -0.330 e. The second-order valence-electron chi connectivity index (χ2n) is 5.18. The third-order valence-electron chi connectivity index (χ3n) is 3.79. The molecular formula is C13H17F3N2O2S. The van der Waals surface area contributed by atoms with E-state index in [1.165, 1.54) is 17.3 Å². The number of rotatable bonds is 3. The number of benzene rings is 1. The number of halogens is 3. The Morgan fingerprint density at radius 3 is 2.57 bits per heavy atom. The van der Waals surface area contributed by atoms with Crippen LogP contribution in [0.1, 0.15) is 17.5 Å². The standard InChI is InChI=1S/C13H17F3N2O2S/c1-9-11(13(14,15)16)3-2-4-12(9)21(19,20)18-6-5-10(7-17)8-18/h2-4,10H,5-8,17H2,1H3. The van der Waals surface area contributed by atoms with Crippen molar-refractivity contribution < 1.29 is 21.6 Å². The molecule has 0 spiro atoms. The summed E-state index contributed by atoms with van der Waals surface area (Å²) in [6, 6.07) is 3.23. The fourth-order valence-corrected chi connectivity index (χ4v) is 4.33. The van der Waals surface area contributed by atoms with E-state index in [0.29, 0.717) is 19.5 Å². The molecule has 1 aliphatic rings. The second-order valence-corrected chi connectivity index (χ2v) is 7.09. The van der Waals surface area contributed by atoms with Crippen molar-refractivity contribution in [3.8, 4) is 0 Å². The maximum atomic E-state index is 12.9. The fourth-order valence-electron chi connectivity index (χ4n) is 2.55. The van der Waals surface area contributed by atoms with Crippen LogP contribution in [0.2, 0.25) is 0 Å². The van der Waals surface area contributed by atoms with Gasteiger partial charge in [-0.2, -0.15) is 17.5 Å². The Morgan fingerprint density at radius 1 is 1.38 bits per heavy atom. The SMILES string of the molecule is Cc1c(C(F)(F)F)cccc1S(=O)(=O)N1CCC(CN)C1. The maximum Gasteiger partial charge on any atom is 0.416 e. The van der Waals surface area contributed by atoms with Crippen molar-refractivity contribution in [2.75, 3.05) is 19.6 Å². The zero-order valence-corrected chi connectivity index (χ0v) is 12.3. The zero-order valence-electron chi connectivity index (χ0n) is 11.5.